The molecule has 1 saturated heterocycles. The Hall–Kier alpha value is -1.22. The molecule has 0 amide bonds. The lowest BCUT2D eigenvalue weighted by atomic mass is 10.2. The Kier molecular flexibility index (Phi) is 3.11. The van der Waals surface area contributed by atoms with Gasteiger partial charge in [0, 0.05) is 24.8 Å². The first-order chi connectivity index (χ1) is 7.29. The van der Waals surface area contributed by atoms with Crippen molar-refractivity contribution in [3.8, 4) is 5.75 Å². The minimum Gasteiger partial charge on any atom is -0.508 e. The van der Waals surface area contributed by atoms with E-state index >= 15 is 0 Å². The third-order valence-electron chi connectivity index (χ3n) is 2.79. The molecule has 0 bridgehead atoms. The number of hydrogen-bond donors (Lipinski definition) is 1. The Morgan fingerprint density at radius 1 is 1.53 bits per heavy atom. The molecule has 1 heterocycles. The molecular formula is C12H17NO2. The van der Waals surface area contributed by atoms with E-state index in [0.29, 0.717) is 11.9 Å². The van der Waals surface area contributed by atoms with Gasteiger partial charge in [0.15, 0.2) is 0 Å². The minimum absolute atomic E-state index is 0.320. The van der Waals surface area contributed by atoms with Crippen molar-refractivity contribution in [2.75, 3.05) is 24.6 Å². The van der Waals surface area contributed by atoms with Crippen LogP contribution in [0.25, 0.3) is 0 Å². The van der Waals surface area contributed by atoms with Crippen molar-refractivity contribution in [1.29, 1.82) is 0 Å². The molecule has 1 aliphatic heterocycles. The molecule has 0 saturated carbocycles. The number of anilines is 1. The molecule has 0 spiro atoms. The van der Waals surface area contributed by atoms with Crippen LogP contribution in [0.15, 0.2) is 24.3 Å². The number of morpholine rings is 1. The van der Waals surface area contributed by atoms with Crippen LogP contribution in [0, 0.1) is 0 Å². The van der Waals surface area contributed by atoms with Crippen LogP contribution in [0.2, 0.25) is 0 Å². The molecule has 2 rings (SSSR count). The van der Waals surface area contributed by atoms with E-state index in [0.717, 1.165) is 31.8 Å². The van der Waals surface area contributed by atoms with E-state index in [9.17, 15) is 5.11 Å². The van der Waals surface area contributed by atoms with Crippen molar-refractivity contribution < 1.29 is 9.84 Å². The Morgan fingerprint density at radius 2 is 2.40 bits per heavy atom. The summed E-state index contributed by atoms with van der Waals surface area (Å²) >= 11 is 0. The fourth-order valence-electron chi connectivity index (χ4n) is 1.89. The van der Waals surface area contributed by atoms with E-state index in [2.05, 4.69) is 11.8 Å². The average molecular weight is 207 g/mol. The fourth-order valence-corrected chi connectivity index (χ4v) is 1.89. The number of phenols is 1. The Morgan fingerprint density at radius 3 is 3.13 bits per heavy atom. The normalized spacial score (nSPS) is 21.7. The van der Waals surface area contributed by atoms with Gasteiger partial charge in [-0.2, -0.15) is 0 Å². The number of aromatic hydroxyl groups is 1. The predicted octanol–water partition coefficient (Wildman–Crippen LogP) is 2.01. The lowest BCUT2D eigenvalue weighted by Crippen LogP contribution is -2.42. The molecule has 1 N–H and O–H groups in total. The quantitative estimate of drug-likeness (QED) is 0.805. The van der Waals surface area contributed by atoms with Gasteiger partial charge in [-0.3, -0.25) is 0 Å². The number of benzene rings is 1. The van der Waals surface area contributed by atoms with Gasteiger partial charge in [-0.15, -0.1) is 0 Å². The second kappa shape index (κ2) is 4.53. The highest BCUT2D eigenvalue weighted by molar-refractivity contribution is 5.50. The third kappa shape index (κ3) is 2.42. The second-order valence-electron chi connectivity index (χ2n) is 3.87. The van der Waals surface area contributed by atoms with Crippen LogP contribution < -0.4 is 4.90 Å². The van der Waals surface area contributed by atoms with Crippen molar-refractivity contribution in [3.05, 3.63) is 24.3 Å². The maximum Gasteiger partial charge on any atom is 0.117 e. The van der Waals surface area contributed by atoms with Gasteiger partial charge >= 0.3 is 0 Å². The van der Waals surface area contributed by atoms with E-state index in [1.54, 1.807) is 12.1 Å². The summed E-state index contributed by atoms with van der Waals surface area (Å²) in [5.74, 6) is 0.326. The van der Waals surface area contributed by atoms with E-state index in [-0.39, 0.29) is 0 Å². The molecular weight excluding hydrogens is 190 g/mol. The smallest absolute Gasteiger partial charge is 0.117 e. The first-order valence-electron chi connectivity index (χ1n) is 5.45. The summed E-state index contributed by atoms with van der Waals surface area (Å²) in [5, 5.41) is 9.41. The van der Waals surface area contributed by atoms with Gasteiger partial charge in [-0.25, -0.2) is 0 Å². The third-order valence-corrected chi connectivity index (χ3v) is 2.79. The SMILES string of the molecule is CCC1CN(c2cccc(O)c2)CCO1. The molecule has 1 atom stereocenters. The minimum atomic E-state index is 0.320. The van der Waals surface area contributed by atoms with Crippen molar-refractivity contribution in [3.63, 3.8) is 0 Å². The van der Waals surface area contributed by atoms with Crippen LogP contribution in [0.4, 0.5) is 5.69 Å². The molecule has 3 heteroatoms. The van der Waals surface area contributed by atoms with Crippen LogP contribution in [0.5, 0.6) is 5.75 Å². The lowest BCUT2D eigenvalue weighted by molar-refractivity contribution is 0.0384. The molecule has 1 aliphatic rings. The van der Waals surface area contributed by atoms with Crippen LogP contribution in [-0.2, 0) is 4.74 Å². The average Bonchev–Trinajstić information content (AvgIpc) is 2.29. The summed E-state index contributed by atoms with van der Waals surface area (Å²) in [6, 6.07) is 7.40. The maximum absolute atomic E-state index is 9.41. The largest absolute Gasteiger partial charge is 0.508 e. The Labute approximate surface area is 90.3 Å². The van der Waals surface area contributed by atoms with Gasteiger partial charge in [0.2, 0.25) is 0 Å². The predicted molar refractivity (Wildman–Crippen MR) is 60.4 cm³/mol. The van der Waals surface area contributed by atoms with Gasteiger partial charge in [0.1, 0.15) is 5.75 Å². The standard InChI is InChI=1S/C12H17NO2/c1-2-12-9-13(6-7-15-12)10-4-3-5-11(14)8-10/h3-5,8,12,14H,2,6-7,9H2,1H3. The summed E-state index contributed by atoms with van der Waals surface area (Å²) in [4.78, 5) is 2.26. The number of phenolic OH excluding ortho intramolecular Hbond substituents is 1. The summed E-state index contributed by atoms with van der Waals surface area (Å²) < 4.78 is 5.60. The molecule has 82 valence electrons. The van der Waals surface area contributed by atoms with E-state index < -0.39 is 0 Å². The number of nitrogens with zero attached hydrogens (tertiary/aromatic N) is 1. The van der Waals surface area contributed by atoms with Crippen LogP contribution >= 0.6 is 0 Å². The molecule has 3 nitrogen and oxygen atoms in total. The van der Waals surface area contributed by atoms with E-state index in [1.165, 1.54) is 0 Å². The molecule has 1 aromatic rings. The summed E-state index contributed by atoms with van der Waals surface area (Å²) in [6.45, 7) is 4.73. The molecule has 0 radical (unpaired) electrons. The maximum atomic E-state index is 9.41. The van der Waals surface area contributed by atoms with Gasteiger partial charge in [0.05, 0.1) is 12.7 Å². The van der Waals surface area contributed by atoms with Crippen LogP contribution in [0.3, 0.4) is 0 Å². The van der Waals surface area contributed by atoms with Gasteiger partial charge < -0.3 is 14.7 Å². The van der Waals surface area contributed by atoms with Crippen molar-refractivity contribution in [2.45, 2.75) is 19.4 Å². The summed E-state index contributed by atoms with van der Waals surface area (Å²) in [7, 11) is 0. The zero-order valence-electron chi connectivity index (χ0n) is 9.02. The molecule has 1 aromatic carbocycles. The first-order valence-corrected chi connectivity index (χ1v) is 5.45. The zero-order valence-corrected chi connectivity index (χ0v) is 9.02. The number of hydrogen-bond acceptors (Lipinski definition) is 3. The van der Waals surface area contributed by atoms with E-state index in [4.69, 9.17) is 4.74 Å². The second-order valence-corrected chi connectivity index (χ2v) is 3.87. The summed E-state index contributed by atoms with van der Waals surface area (Å²) in [6.07, 6.45) is 1.36. The monoisotopic (exact) mass is 207 g/mol. The molecule has 0 aromatic heterocycles. The van der Waals surface area contributed by atoms with Crippen LogP contribution in [0.1, 0.15) is 13.3 Å². The Bertz CT molecular complexity index is 327. The lowest BCUT2D eigenvalue weighted by Gasteiger charge is -2.34. The zero-order chi connectivity index (χ0) is 10.7. The molecule has 0 aliphatic carbocycles. The topological polar surface area (TPSA) is 32.7 Å². The first kappa shape index (κ1) is 10.3. The molecule has 1 fully saturated rings. The van der Waals surface area contributed by atoms with Gasteiger partial charge in [-0.1, -0.05) is 13.0 Å². The highest BCUT2D eigenvalue weighted by Crippen LogP contribution is 2.22. The van der Waals surface area contributed by atoms with Crippen molar-refractivity contribution in [2.24, 2.45) is 0 Å². The summed E-state index contributed by atoms with van der Waals surface area (Å²) in [5.41, 5.74) is 1.08. The molecule has 15 heavy (non-hydrogen) atoms. The molecule has 1 unspecified atom stereocenters. The van der Waals surface area contributed by atoms with Gasteiger partial charge in [0.25, 0.3) is 0 Å². The van der Waals surface area contributed by atoms with Crippen LogP contribution in [-0.4, -0.2) is 30.9 Å². The Balaban J connectivity index is 2.09. The number of ether oxygens (including phenoxy) is 1. The number of rotatable bonds is 2. The van der Waals surface area contributed by atoms with Gasteiger partial charge in [-0.05, 0) is 18.6 Å². The highest BCUT2D eigenvalue weighted by Gasteiger charge is 2.19. The van der Waals surface area contributed by atoms with Crippen molar-refractivity contribution >= 4 is 5.69 Å². The van der Waals surface area contributed by atoms with E-state index in [1.807, 2.05) is 12.1 Å². The van der Waals surface area contributed by atoms with Crippen molar-refractivity contribution in [1.82, 2.24) is 0 Å². The fraction of sp³-hybridized carbons (Fsp3) is 0.500. The highest BCUT2D eigenvalue weighted by atomic mass is 16.5.